The van der Waals surface area contributed by atoms with Gasteiger partial charge in [0.15, 0.2) is 0 Å². The molecule has 0 saturated heterocycles. The molecule has 1 amide bonds. The SMILES string of the molecule is CC1(c2ccccc2)C(=O)N[AsH]c2c[c]cc(c2)C1=O. The Morgan fingerprint density at radius 3 is 2.65 bits per heavy atom. The fourth-order valence-corrected chi connectivity index (χ4v) is 4.22. The van der Waals surface area contributed by atoms with Gasteiger partial charge in [-0.15, -0.1) is 0 Å². The van der Waals surface area contributed by atoms with E-state index in [1.54, 1.807) is 13.0 Å². The van der Waals surface area contributed by atoms with Gasteiger partial charge in [-0.05, 0) is 0 Å². The van der Waals surface area contributed by atoms with E-state index in [0.29, 0.717) is 5.56 Å². The van der Waals surface area contributed by atoms with Crippen molar-refractivity contribution in [2.24, 2.45) is 0 Å². The molecule has 0 saturated carbocycles. The van der Waals surface area contributed by atoms with Crippen LogP contribution in [0, 0.1) is 6.07 Å². The van der Waals surface area contributed by atoms with E-state index in [1.165, 1.54) is 0 Å². The summed E-state index contributed by atoms with van der Waals surface area (Å²) in [6.07, 6.45) is 0. The monoisotopic (exact) mass is 326 g/mol. The van der Waals surface area contributed by atoms with Crippen molar-refractivity contribution in [1.82, 2.24) is 4.23 Å². The number of amides is 1. The summed E-state index contributed by atoms with van der Waals surface area (Å²) in [6.45, 7) is 1.70. The van der Waals surface area contributed by atoms with Gasteiger partial charge >= 0.3 is 124 Å². The van der Waals surface area contributed by atoms with Crippen LogP contribution >= 0.6 is 0 Å². The van der Waals surface area contributed by atoms with E-state index in [4.69, 9.17) is 0 Å². The Morgan fingerprint density at radius 2 is 1.90 bits per heavy atom. The van der Waals surface area contributed by atoms with Crippen molar-refractivity contribution in [3.05, 3.63) is 65.7 Å². The molecule has 0 fully saturated rings. The van der Waals surface area contributed by atoms with Gasteiger partial charge in [-0.3, -0.25) is 0 Å². The number of fused-ring (bicyclic) bond motifs is 2. The summed E-state index contributed by atoms with van der Waals surface area (Å²) in [5.74, 6) is -0.383. The standard InChI is InChI=1S/C16H13AsNO2/c1-16(12-7-3-2-4-8-12)14(19)11-6-5-9-13(10-11)17-18-15(16)20/h2-4,6-10,17H,1H3,(H,18,20). The summed E-state index contributed by atoms with van der Waals surface area (Å²) < 4.78 is 3.97. The fourth-order valence-electron chi connectivity index (χ4n) is 2.35. The van der Waals surface area contributed by atoms with Crippen molar-refractivity contribution in [2.45, 2.75) is 12.3 Å². The zero-order valence-corrected chi connectivity index (χ0v) is 13.0. The Bertz CT molecular complexity index is 684. The summed E-state index contributed by atoms with van der Waals surface area (Å²) in [4.78, 5) is 25.4. The van der Waals surface area contributed by atoms with Crippen LogP contribution in [0.15, 0.2) is 48.5 Å². The molecule has 1 N–H and O–H groups in total. The molecular weight excluding hydrogens is 313 g/mol. The van der Waals surface area contributed by atoms with Crippen LogP contribution in [0.1, 0.15) is 22.8 Å². The third kappa shape index (κ3) is 1.99. The van der Waals surface area contributed by atoms with Crippen molar-refractivity contribution in [3.63, 3.8) is 0 Å². The Balaban J connectivity index is 2.19. The first-order valence-electron chi connectivity index (χ1n) is 6.30. The molecule has 99 valence electrons. The third-order valence-corrected chi connectivity index (χ3v) is 5.58. The molecule has 0 aliphatic carbocycles. The Hall–Kier alpha value is -1.86. The van der Waals surface area contributed by atoms with Crippen LogP contribution in [0.2, 0.25) is 0 Å². The number of hydrogen-bond acceptors (Lipinski definition) is 2. The van der Waals surface area contributed by atoms with E-state index >= 15 is 0 Å². The van der Waals surface area contributed by atoms with E-state index in [9.17, 15) is 9.59 Å². The van der Waals surface area contributed by atoms with Crippen LogP contribution < -0.4 is 8.58 Å². The summed E-state index contributed by atoms with van der Waals surface area (Å²) >= 11 is -0.776. The second-order valence-corrected chi connectivity index (χ2v) is 7.17. The molecule has 1 radical (unpaired) electrons. The number of benzene rings is 2. The molecule has 1 aliphatic rings. The summed E-state index contributed by atoms with van der Waals surface area (Å²) in [5, 5.41) is 0. The van der Waals surface area contributed by atoms with Crippen LogP contribution in [-0.2, 0) is 10.2 Å². The molecule has 0 aromatic heterocycles. The second kappa shape index (κ2) is 4.91. The van der Waals surface area contributed by atoms with Crippen LogP contribution in [0.5, 0.6) is 0 Å². The van der Waals surface area contributed by atoms with Crippen molar-refractivity contribution < 1.29 is 9.59 Å². The maximum atomic E-state index is 12.8. The zero-order valence-electron chi connectivity index (χ0n) is 10.9. The molecule has 0 spiro atoms. The van der Waals surface area contributed by atoms with Gasteiger partial charge in [-0.2, -0.15) is 0 Å². The minimum atomic E-state index is -1.17. The second-order valence-electron chi connectivity index (χ2n) is 4.91. The number of rotatable bonds is 1. The number of Topliss-reactive ketones (excluding diaryl/α,β-unsaturated/α-hetero) is 1. The van der Waals surface area contributed by atoms with Gasteiger partial charge in [0.2, 0.25) is 0 Å². The van der Waals surface area contributed by atoms with E-state index < -0.39 is 21.4 Å². The predicted octanol–water partition coefficient (Wildman–Crippen LogP) is 0.734. The van der Waals surface area contributed by atoms with Gasteiger partial charge in [0.1, 0.15) is 0 Å². The number of carbonyl (C=O) groups excluding carboxylic acids is 2. The van der Waals surface area contributed by atoms with Crippen molar-refractivity contribution in [2.75, 3.05) is 0 Å². The number of hydrogen-bond donors (Lipinski definition) is 1. The quantitative estimate of drug-likeness (QED) is 0.620. The van der Waals surface area contributed by atoms with Crippen molar-refractivity contribution in [1.29, 1.82) is 0 Å². The van der Waals surface area contributed by atoms with E-state index in [0.717, 1.165) is 9.91 Å². The maximum absolute atomic E-state index is 12.8. The van der Waals surface area contributed by atoms with E-state index in [-0.39, 0.29) is 11.7 Å². The third-order valence-electron chi connectivity index (χ3n) is 3.63. The Morgan fingerprint density at radius 1 is 1.15 bits per heavy atom. The molecule has 2 aromatic rings. The predicted molar refractivity (Wildman–Crippen MR) is 78.3 cm³/mol. The molecule has 1 aliphatic heterocycles. The summed E-state index contributed by atoms with van der Waals surface area (Å²) in [5.41, 5.74) is 0.117. The van der Waals surface area contributed by atoms with Crippen molar-refractivity contribution >= 4 is 32.0 Å². The molecular formula is C16H13AsNO2. The first kappa shape index (κ1) is 13.1. The molecule has 2 unspecified atom stereocenters. The summed E-state index contributed by atoms with van der Waals surface area (Å²) in [7, 11) is 0. The van der Waals surface area contributed by atoms with E-state index in [1.807, 2.05) is 42.5 Å². The number of ketones is 1. The van der Waals surface area contributed by atoms with Crippen LogP contribution in [0.3, 0.4) is 0 Å². The van der Waals surface area contributed by atoms with Crippen LogP contribution in [0.25, 0.3) is 0 Å². The van der Waals surface area contributed by atoms with Gasteiger partial charge < -0.3 is 0 Å². The van der Waals surface area contributed by atoms with Crippen molar-refractivity contribution in [3.8, 4) is 0 Å². The normalized spacial score (nSPS) is 23.1. The molecule has 3 nitrogen and oxygen atoms in total. The average Bonchev–Trinajstić information content (AvgIpc) is 2.51. The molecule has 3 rings (SSSR count). The van der Waals surface area contributed by atoms with Gasteiger partial charge in [0, 0.05) is 0 Å². The van der Waals surface area contributed by atoms with Gasteiger partial charge in [-0.1, -0.05) is 0 Å². The van der Waals surface area contributed by atoms with E-state index in [2.05, 4.69) is 10.3 Å². The molecule has 2 aromatic carbocycles. The fraction of sp³-hybridized carbons (Fsp3) is 0.125. The van der Waals surface area contributed by atoms with Crippen LogP contribution in [-0.4, -0.2) is 27.7 Å². The molecule has 20 heavy (non-hydrogen) atoms. The average molecular weight is 326 g/mol. The zero-order chi connectivity index (χ0) is 14.2. The first-order chi connectivity index (χ1) is 9.62. The summed E-state index contributed by atoms with van der Waals surface area (Å²) in [6, 6.07) is 17.6. The minimum absolute atomic E-state index is 0.175. The first-order valence-corrected chi connectivity index (χ1v) is 8.40. The van der Waals surface area contributed by atoms with Gasteiger partial charge in [0.05, 0.1) is 0 Å². The molecule has 2 bridgehead atoms. The number of nitrogens with one attached hydrogen (secondary N) is 1. The molecule has 2 atom stereocenters. The van der Waals surface area contributed by atoms with Crippen LogP contribution in [0.4, 0.5) is 0 Å². The topological polar surface area (TPSA) is 46.2 Å². The van der Waals surface area contributed by atoms with Gasteiger partial charge in [-0.25, -0.2) is 0 Å². The Kier molecular flexibility index (Phi) is 3.23. The van der Waals surface area contributed by atoms with Gasteiger partial charge in [0.25, 0.3) is 0 Å². The Labute approximate surface area is 124 Å². The molecule has 4 heteroatoms. The molecule has 1 heterocycles. The number of carbonyl (C=O) groups is 2.